The molecule has 2 heterocycles. The number of fused-ring (bicyclic) bond motifs is 1. The summed E-state index contributed by atoms with van der Waals surface area (Å²) >= 11 is 0. The molecule has 3 rings (SSSR count). The lowest BCUT2D eigenvalue weighted by atomic mass is 10.3. The van der Waals surface area contributed by atoms with Gasteiger partial charge in [-0.15, -0.1) is 0 Å². The molecule has 1 aromatic carbocycles. The van der Waals surface area contributed by atoms with Gasteiger partial charge >= 0.3 is 6.03 Å². The van der Waals surface area contributed by atoms with Crippen LogP contribution >= 0.6 is 0 Å². The third kappa shape index (κ3) is 3.60. The molecule has 8 nitrogen and oxygen atoms in total. The predicted molar refractivity (Wildman–Crippen MR) is 84.8 cm³/mol. The molecule has 0 atom stereocenters. The van der Waals surface area contributed by atoms with Crippen LogP contribution in [-0.2, 0) is 6.54 Å². The van der Waals surface area contributed by atoms with Gasteiger partial charge in [-0.1, -0.05) is 0 Å². The Bertz CT molecular complexity index is 720. The van der Waals surface area contributed by atoms with Crippen molar-refractivity contribution in [2.24, 2.45) is 0 Å². The fourth-order valence-electron chi connectivity index (χ4n) is 2.03. The van der Waals surface area contributed by atoms with Crippen molar-refractivity contribution in [3.8, 4) is 11.5 Å². The van der Waals surface area contributed by atoms with Gasteiger partial charge in [-0.3, -0.25) is 0 Å². The van der Waals surface area contributed by atoms with E-state index >= 15 is 0 Å². The van der Waals surface area contributed by atoms with Crippen LogP contribution in [0.25, 0.3) is 0 Å². The summed E-state index contributed by atoms with van der Waals surface area (Å²) in [7, 11) is 3.79. The van der Waals surface area contributed by atoms with Crippen LogP contribution in [0.5, 0.6) is 11.5 Å². The molecule has 2 amide bonds. The number of rotatable bonds is 4. The molecule has 0 fully saturated rings. The van der Waals surface area contributed by atoms with Crippen molar-refractivity contribution in [3.63, 3.8) is 0 Å². The Hall–Kier alpha value is -3.03. The number of carbonyl (C=O) groups is 1. The van der Waals surface area contributed by atoms with Crippen molar-refractivity contribution in [2.45, 2.75) is 6.54 Å². The van der Waals surface area contributed by atoms with E-state index in [1.807, 2.05) is 19.0 Å². The van der Waals surface area contributed by atoms with E-state index in [4.69, 9.17) is 9.47 Å². The van der Waals surface area contributed by atoms with Gasteiger partial charge < -0.3 is 25.0 Å². The van der Waals surface area contributed by atoms with Gasteiger partial charge in [-0.05, 0) is 18.2 Å². The molecule has 2 N–H and O–H groups in total. The van der Waals surface area contributed by atoms with E-state index in [1.54, 1.807) is 30.5 Å². The van der Waals surface area contributed by atoms with Crippen molar-refractivity contribution in [3.05, 3.63) is 36.3 Å². The Labute approximate surface area is 133 Å². The summed E-state index contributed by atoms with van der Waals surface area (Å²) < 4.78 is 10.5. The van der Waals surface area contributed by atoms with E-state index in [0.29, 0.717) is 23.0 Å². The number of aromatic nitrogens is 2. The molecule has 0 saturated heterocycles. The molecule has 1 aliphatic heterocycles. The summed E-state index contributed by atoms with van der Waals surface area (Å²) in [4.78, 5) is 22.3. The zero-order valence-electron chi connectivity index (χ0n) is 12.9. The number of anilines is 2. The highest BCUT2D eigenvalue weighted by molar-refractivity contribution is 5.89. The van der Waals surface area contributed by atoms with Gasteiger partial charge in [-0.25, -0.2) is 14.8 Å². The van der Waals surface area contributed by atoms with E-state index in [-0.39, 0.29) is 19.4 Å². The van der Waals surface area contributed by atoms with Gasteiger partial charge in [0.2, 0.25) is 6.79 Å². The van der Waals surface area contributed by atoms with E-state index in [0.717, 1.165) is 5.82 Å². The molecule has 1 aromatic heterocycles. The molecule has 0 bridgehead atoms. The first-order chi connectivity index (χ1) is 11.1. The third-order valence-corrected chi connectivity index (χ3v) is 3.19. The fraction of sp³-hybridized carbons (Fsp3) is 0.267. The Kier molecular flexibility index (Phi) is 4.13. The SMILES string of the molecule is CN(C)c1ccnc(CNC(=O)Nc2ccc3c(c2)OCO3)n1. The number of carbonyl (C=O) groups excluding carboxylic acids is 1. The number of hydrogen-bond donors (Lipinski definition) is 2. The van der Waals surface area contributed by atoms with Gasteiger partial charge in [0, 0.05) is 32.0 Å². The quantitative estimate of drug-likeness (QED) is 0.891. The van der Waals surface area contributed by atoms with Crippen LogP contribution in [0.3, 0.4) is 0 Å². The minimum absolute atomic E-state index is 0.199. The normalized spacial score (nSPS) is 11.9. The second kappa shape index (κ2) is 6.39. The highest BCUT2D eigenvalue weighted by Gasteiger charge is 2.14. The van der Waals surface area contributed by atoms with Gasteiger partial charge in [0.15, 0.2) is 11.5 Å². The van der Waals surface area contributed by atoms with Crippen LogP contribution in [-0.4, -0.2) is 36.9 Å². The average Bonchev–Trinajstić information content (AvgIpc) is 3.01. The molecular weight excluding hydrogens is 298 g/mol. The van der Waals surface area contributed by atoms with Crippen LogP contribution in [0, 0.1) is 0 Å². The monoisotopic (exact) mass is 315 g/mol. The Morgan fingerprint density at radius 2 is 2.09 bits per heavy atom. The van der Waals surface area contributed by atoms with Crippen molar-refractivity contribution < 1.29 is 14.3 Å². The van der Waals surface area contributed by atoms with Crippen LogP contribution in [0.2, 0.25) is 0 Å². The molecule has 0 spiro atoms. The second-order valence-electron chi connectivity index (χ2n) is 5.10. The predicted octanol–water partition coefficient (Wildman–Crippen LogP) is 1.59. The number of amides is 2. The molecule has 1 aliphatic rings. The van der Waals surface area contributed by atoms with Crippen LogP contribution in [0.4, 0.5) is 16.3 Å². The number of urea groups is 1. The zero-order chi connectivity index (χ0) is 16.2. The first-order valence-corrected chi connectivity index (χ1v) is 7.05. The third-order valence-electron chi connectivity index (χ3n) is 3.19. The first-order valence-electron chi connectivity index (χ1n) is 7.05. The highest BCUT2D eigenvalue weighted by atomic mass is 16.7. The van der Waals surface area contributed by atoms with Crippen LogP contribution in [0.15, 0.2) is 30.5 Å². The Balaban J connectivity index is 1.56. The molecule has 2 aromatic rings. The van der Waals surface area contributed by atoms with Crippen LogP contribution < -0.4 is 25.0 Å². The molecule has 8 heteroatoms. The van der Waals surface area contributed by atoms with Gasteiger partial charge in [-0.2, -0.15) is 0 Å². The fourth-order valence-corrected chi connectivity index (χ4v) is 2.03. The van der Waals surface area contributed by atoms with Crippen molar-refractivity contribution in [1.82, 2.24) is 15.3 Å². The van der Waals surface area contributed by atoms with E-state index in [1.165, 1.54) is 0 Å². The highest BCUT2D eigenvalue weighted by Crippen LogP contribution is 2.34. The average molecular weight is 315 g/mol. The zero-order valence-corrected chi connectivity index (χ0v) is 12.9. The summed E-state index contributed by atoms with van der Waals surface area (Å²) in [5.41, 5.74) is 0.620. The number of nitrogens with zero attached hydrogens (tertiary/aromatic N) is 3. The number of hydrogen-bond acceptors (Lipinski definition) is 6. The molecule has 0 aliphatic carbocycles. The standard InChI is InChI=1S/C15H17N5O3/c1-20(2)14-5-6-16-13(19-14)8-17-15(21)18-10-3-4-11-12(7-10)23-9-22-11/h3-7H,8-9H2,1-2H3,(H2,17,18,21). The van der Waals surface area contributed by atoms with Gasteiger partial charge in [0.1, 0.15) is 11.6 Å². The maximum atomic E-state index is 11.9. The molecule has 0 radical (unpaired) electrons. The minimum atomic E-state index is -0.345. The summed E-state index contributed by atoms with van der Waals surface area (Å²) in [6.07, 6.45) is 1.66. The van der Waals surface area contributed by atoms with Crippen molar-refractivity contribution >= 4 is 17.5 Å². The molecule has 0 unspecified atom stereocenters. The summed E-state index contributed by atoms with van der Waals surface area (Å²) in [5.74, 6) is 2.61. The number of ether oxygens (including phenoxy) is 2. The summed E-state index contributed by atoms with van der Waals surface area (Å²) in [6.45, 7) is 0.433. The molecule has 120 valence electrons. The molecular formula is C15H17N5O3. The van der Waals surface area contributed by atoms with Crippen molar-refractivity contribution in [2.75, 3.05) is 31.1 Å². The largest absolute Gasteiger partial charge is 0.454 e. The first kappa shape index (κ1) is 14.9. The molecule has 0 saturated carbocycles. The Morgan fingerprint density at radius 1 is 1.26 bits per heavy atom. The summed E-state index contributed by atoms with van der Waals surface area (Å²) in [6, 6.07) is 6.67. The second-order valence-corrected chi connectivity index (χ2v) is 5.10. The van der Waals surface area contributed by atoms with E-state index in [2.05, 4.69) is 20.6 Å². The Morgan fingerprint density at radius 3 is 2.91 bits per heavy atom. The lowest BCUT2D eigenvalue weighted by Gasteiger charge is -2.12. The van der Waals surface area contributed by atoms with Crippen LogP contribution in [0.1, 0.15) is 5.82 Å². The number of benzene rings is 1. The summed E-state index contributed by atoms with van der Waals surface area (Å²) in [5, 5.41) is 5.44. The maximum absolute atomic E-state index is 11.9. The topological polar surface area (TPSA) is 88.6 Å². The van der Waals surface area contributed by atoms with Gasteiger partial charge in [0.25, 0.3) is 0 Å². The lowest BCUT2D eigenvalue weighted by molar-refractivity contribution is 0.174. The number of nitrogens with one attached hydrogen (secondary N) is 2. The maximum Gasteiger partial charge on any atom is 0.319 e. The van der Waals surface area contributed by atoms with E-state index < -0.39 is 0 Å². The van der Waals surface area contributed by atoms with E-state index in [9.17, 15) is 4.79 Å². The van der Waals surface area contributed by atoms with Crippen molar-refractivity contribution in [1.29, 1.82) is 0 Å². The molecule has 23 heavy (non-hydrogen) atoms. The van der Waals surface area contributed by atoms with Gasteiger partial charge in [0.05, 0.1) is 6.54 Å². The smallest absolute Gasteiger partial charge is 0.319 e. The lowest BCUT2D eigenvalue weighted by Crippen LogP contribution is -2.29. The minimum Gasteiger partial charge on any atom is -0.454 e.